The summed E-state index contributed by atoms with van der Waals surface area (Å²) in [6, 6.07) is 0. The lowest BCUT2D eigenvalue weighted by Gasteiger charge is -2.59. The van der Waals surface area contributed by atoms with Gasteiger partial charge in [0.05, 0.1) is 0 Å². The largest absolute Gasteiger partial charge is 0.0667 e. The summed E-state index contributed by atoms with van der Waals surface area (Å²) in [5.41, 5.74) is 9.13. The molecule has 0 spiro atoms. The van der Waals surface area contributed by atoms with Gasteiger partial charge in [0.15, 0.2) is 0 Å². The highest BCUT2D eigenvalue weighted by Crippen LogP contribution is 2.67. The van der Waals surface area contributed by atoms with Crippen molar-refractivity contribution >= 4 is 0 Å². The molecule has 1 aliphatic carbocycles. The molecule has 0 aliphatic heterocycles. The van der Waals surface area contributed by atoms with Crippen LogP contribution < -0.4 is 0 Å². The third-order valence-corrected chi connectivity index (χ3v) is 15.5. The molecule has 0 nitrogen and oxygen atoms in total. The molecule has 0 aromatic rings. The van der Waals surface area contributed by atoms with E-state index in [2.05, 4.69) is 91.5 Å². The Morgan fingerprint density at radius 1 is 0.259 bits per heavy atom. The predicted octanol–water partition coefficient (Wildman–Crippen LogP) is 21.6. The maximum atomic E-state index is 2.48. The smallest absolute Gasteiger partial charge is 0.000834 e. The molecule has 58 heavy (non-hydrogen) atoms. The normalized spacial score (nSPS) is 20.8. The van der Waals surface area contributed by atoms with Crippen molar-refractivity contribution in [3.05, 3.63) is 22.3 Å². The summed E-state index contributed by atoms with van der Waals surface area (Å²) in [6.07, 6.45) is 56.4. The summed E-state index contributed by atoms with van der Waals surface area (Å²) in [7, 11) is 0. The van der Waals surface area contributed by atoms with Crippen LogP contribution in [0.1, 0.15) is 326 Å². The Balaban J connectivity index is 4.96. The molecule has 0 saturated heterocycles. The zero-order valence-electron chi connectivity index (χ0n) is 42.4. The Hall–Kier alpha value is -0.520. The first kappa shape index (κ1) is 55.5. The zero-order valence-corrected chi connectivity index (χ0v) is 42.4. The minimum atomic E-state index is 0.322. The van der Waals surface area contributed by atoms with Gasteiger partial charge in [0.2, 0.25) is 0 Å². The first-order chi connectivity index (χ1) is 28.4. The lowest BCUT2D eigenvalue weighted by molar-refractivity contribution is 0.0396. The molecule has 2 atom stereocenters. The van der Waals surface area contributed by atoms with E-state index in [4.69, 9.17) is 0 Å². The number of unbranched alkanes of at least 4 members (excludes halogenated alkanes) is 20. The maximum absolute atomic E-state index is 2.48. The van der Waals surface area contributed by atoms with Gasteiger partial charge in [-0.3, -0.25) is 0 Å². The van der Waals surface area contributed by atoms with Gasteiger partial charge in [-0.2, -0.15) is 0 Å². The second-order valence-electron chi connectivity index (χ2n) is 20.0. The molecular formula is C58H112. The molecule has 0 aromatic carbocycles. The average molecular weight is 810 g/mol. The highest BCUT2D eigenvalue weighted by Gasteiger charge is 2.56. The standard InChI is InChI=1S/C58H112/c1-11-21-31-41-51-52(42-32-22-12-2)54(44-34-24-14-4)56(46-36-26-16-6)58(49-39-29-19-9,50-40-30-20-10)57(47-37-27-17-7,48-38-28-18-8)55(45-35-25-15-5)53(51)43-33-23-13-3/h51-52H,11-50H2,1-10H3/b55-53-,56-54-. The summed E-state index contributed by atoms with van der Waals surface area (Å²) in [5.74, 6) is 1.55. The third kappa shape index (κ3) is 18.4. The molecule has 0 saturated carbocycles. The molecule has 1 aliphatic rings. The van der Waals surface area contributed by atoms with Crippen LogP contribution in [0.3, 0.4) is 0 Å². The van der Waals surface area contributed by atoms with Crippen LogP contribution in [-0.4, -0.2) is 0 Å². The molecule has 0 heterocycles. The van der Waals surface area contributed by atoms with Crippen molar-refractivity contribution in [2.24, 2.45) is 22.7 Å². The molecule has 1 rings (SSSR count). The van der Waals surface area contributed by atoms with Crippen LogP contribution in [0.15, 0.2) is 22.3 Å². The Labute approximate surface area is 369 Å². The van der Waals surface area contributed by atoms with Crippen LogP contribution in [0, 0.1) is 22.7 Å². The van der Waals surface area contributed by atoms with Crippen molar-refractivity contribution in [2.75, 3.05) is 0 Å². The summed E-state index contributed by atoms with van der Waals surface area (Å²) >= 11 is 0. The van der Waals surface area contributed by atoms with Crippen LogP contribution in [0.4, 0.5) is 0 Å². The third-order valence-electron chi connectivity index (χ3n) is 15.5. The number of allylic oxidation sites excluding steroid dienone is 4. The molecule has 0 amide bonds. The monoisotopic (exact) mass is 809 g/mol. The fraction of sp³-hybridized carbons (Fsp3) is 0.931. The van der Waals surface area contributed by atoms with Gasteiger partial charge in [-0.05, 0) is 102 Å². The first-order valence-electron chi connectivity index (χ1n) is 27.9. The summed E-state index contributed by atoms with van der Waals surface area (Å²) in [4.78, 5) is 0. The molecule has 0 radical (unpaired) electrons. The van der Waals surface area contributed by atoms with Crippen LogP contribution in [0.25, 0.3) is 0 Å². The van der Waals surface area contributed by atoms with E-state index in [0.29, 0.717) is 10.8 Å². The fourth-order valence-electron chi connectivity index (χ4n) is 12.3. The van der Waals surface area contributed by atoms with Crippen molar-refractivity contribution in [1.82, 2.24) is 0 Å². The Bertz CT molecular complexity index is 892. The van der Waals surface area contributed by atoms with Gasteiger partial charge in [-0.1, -0.05) is 258 Å². The summed E-state index contributed by atoms with van der Waals surface area (Å²) < 4.78 is 0. The summed E-state index contributed by atoms with van der Waals surface area (Å²) in [5, 5.41) is 0. The van der Waals surface area contributed by atoms with Crippen molar-refractivity contribution in [3.8, 4) is 0 Å². The van der Waals surface area contributed by atoms with Crippen molar-refractivity contribution in [2.45, 2.75) is 326 Å². The number of hydrogen-bond donors (Lipinski definition) is 0. The van der Waals surface area contributed by atoms with Crippen molar-refractivity contribution in [1.29, 1.82) is 0 Å². The molecule has 0 N–H and O–H groups in total. The topological polar surface area (TPSA) is 0 Å². The summed E-state index contributed by atoms with van der Waals surface area (Å²) in [6.45, 7) is 24.7. The Morgan fingerprint density at radius 2 is 0.483 bits per heavy atom. The Morgan fingerprint density at radius 3 is 0.741 bits per heavy atom. The van der Waals surface area contributed by atoms with E-state index < -0.39 is 0 Å². The number of rotatable bonds is 40. The van der Waals surface area contributed by atoms with E-state index in [0.717, 1.165) is 11.8 Å². The fourth-order valence-corrected chi connectivity index (χ4v) is 12.3. The van der Waals surface area contributed by atoms with Gasteiger partial charge in [-0.25, -0.2) is 0 Å². The Kier molecular flexibility index (Phi) is 34.5. The van der Waals surface area contributed by atoms with Gasteiger partial charge < -0.3 is 0 Å². The number of hydrogen-bond acceptors (Lipinski definition) is 0. The van der Waals surface area contributed by atoms with Crippen LogP contribution in [0.2, 0.25) is 0 Å². The highest BCUT2D eigenvalue weighted by molar-refractivity contribution is 5.41. The molecule has 2 unspecified atom stereocenters. The van der Waals surface area contributed by atoms with E-state index in [1.165, 1.54) is 257 Å². The van der Waals surface area contributed by atoms with E-state index in [1.54, 1.807) is 0 Å². The second kappa shape index (κ2) is 36.0. The van der Waals surface area contributed by atoms with E-state index in [1.807, 2.05) is 0 Å². The van der Waals surface area contributed by atoms with Crippen LogP contribution in [0.5, 0.6) is 0 Å². The molecular weight excluding hydrogens is 697 g/mol. The minimum absolute atomic E-state index is 0.322. The molecule has 0 fully saturated rings. The predicted molar refractivity (Wildman–Crippen MR) is 267 cm³/mol. The SMILES string of the molecule is CCCCC/C1=C(\CCCCC)C(CCCCC)(CCCCC)C(CCCCC)(CCCCC)/C(CCCCC)=C(/CCCCC)C(CCCCC)C1CCCCC. The second-order valence-corrected chi connectivity index (χ2v) is 20.0. The molecule has 344 valence electrons. The van der Waals surface area contributed by atoms with Crippen LogP contribution >= 0.6 is 0 Å². The van der Waals surface area contributed by atoms with Gasteiger partial charge in [0.25, 0.3) is 0 Å². The quantitative estimate of drug-likeness (QED) is 0.0427. The lowest BCUT2D eigenvalue weighted by Crippen LogP contribution is -2.49. The average Bonchev–Trinajstić information content (AvgIpc) is 3.22. The van der Waals surface area contributed by atoms with Crippen molar-refractivity contribution < 1.29 is 0 Å². The van der Waals surface area contributed by atoms with Gasteiger partial charge in [0, 0.05) is 10.8 Å². The van der Waals surface area contributed by atoms with E-state index in [9.17, 15) is 0 Å². The van der Waals surface area contributed by atoms with Gasteiger partial charge in [0.1, 0.15) is 0 Å². The first-order valence-corrected chi connectivity index (χ1v) is 27.9. The lowest BCUT2D eigenvalue weighted by atomic mass is 9.45. The highest BCUT2D eigenvalue weighted by atomic mass is 14.6. The molecule has 0 bridgehead atoms. The zero-order chi connectivity index (χ0) is 42.7. The van der Waals surface area contributed by atoms with E-state index >= 15 is 0 Å². The molecule has 0 heteroatoms. The minimum Gasteiger partial charge on any atom is -0.0667 e. The molecule has 0 aromatic heterocycles. The maximum Gasteiger partial charge on any atom is 0.000834 e. The van der Waals surface area contributed by atoms with Gasteiger partial charge in [-0.15, -0.1) is 0 Å². The van der Waals surface area contributed by atoms with Crippen LogP contribution in [-0.2, 0) is 0 Å². The van der Waals surface area contributed by atoms with E-state index in [-0.39, 0.29) is 0 Å². The van der Waals surface area contributed by atoms with Crippen molar-refractivity contribution in [3.63, 3.8) is 0 Å². The van der Waals surface area contributed by atoms with Gasteiger partial charge >= 0.3 is 0 Å².